The third kappa shape index (κ3) is 6.73. The summed E-state index contributed by atoms with van der Waals surface area (Å²) in [4.78, 5) is 3.37. The van der Waals surface area contributed by atoms with E-state index in [1.165, 1.54) is 11.9 Å². The molecule has 0 rings (SSSR count). The van der Waals surface area contributed by atoms with E-state index in [0.29, 0.717) is 12.6 Å². The van der Waals surface area contributed by atoms with Gasteiger partial charge >= 0.3 is 6.18 Å². The third-order valence-corrected chi connectivity index (χ3v) is 2.61. The van der Waals surface area contributed by atoms with Crippen molar-refractivity contribution < 1.29 is 13.2 Å². The number of hydrogen-bond acceptors (Lipinski definition) is 2. The SMILES string of the molecule is CC(C)N(C)CC(C)N(C)CC(F)(F)F. The zero-order valence-corrected chi connectivity index (χ0v) is 10.1. The Bertz CT molecular complexity index is 180. The average Bonchev–Trinajstić information content (AvgIpc) is 2.00. The molecule has 15 heavy (non-hydrogen) atoms. The summed E-state index contributed by atoms with van der Waals surface area (Å²) in [5.41, 5.74) is 0. The highest BCUT2D eigenvalue weighted by Crippen LogP contribution is 2.17. The van der Waals surface area contributed by atoms with Crippen LogP contribution >= 0.6 is 0 Å². The van der Waals surface area contributed by atoms with Crippen LogP contribution in [0.25, 0.3) is 0 Å². The standard InChI is InChI=1S/C10H21F3N2/c1-8(2)14(4)6-9(3)15(5)7-10(11,12)13/h8-9H,6-7H2,1-5H3. The zero-order valence-electron chi connectivity index (χ0n) is 10.1. The zero-order chi connectivity index (χ0) is 12.2. The number of halogens is 3. The molecule has 0 saturated carbocycles. The smallest absolute Gasteiger partial charge is 0.302 e. The molecule has 0 radical (unpaired) electrons. The Morgan fingerprint density at radius 2 is 1.47 bits per heavy atom. The molecule has 5 heteroatoms. The van der Waals surface area contributed by atoms with Crippen LogP contribution in [0.4, 0.5) is 13.2 Å². The van der Waals surface area contributed by atoms with Crippen LogP contribution < -0.4 is 0 Å². The lowest BCUT2D eigenvalue weighted by Crippen LogP contribution is -2.44. The van der Waals surface area contributed by atoms with E-state index in [2.05, 4.69) is 0 Å². The number of rotatable bonds is 5. The minimum atomic E-state index is -4.11. The van der Waals surface area contributed by atoms with Gasteiger partial charge in [-0.25, -0.2) is 0 Å². The monoisotopic (exact) mass is 226 g/mol. The van der Waals surface area contributed by atoms with Crippen LogP contribution in [0.15, 0.2) is 0 Å². The fraction of sp³-hybridized carbons (Fsp3) is 1.00. The summed E-state index contributed by atoms with van der Waals surface area (Å²) in [6.45, 7) is 5.65. The van der Waals surface area contributed by atoms with E-state index in [1.807, 2.05) is 32.7 Å². The van der Waals surface area contributed by atoms with Gasteiger partial charge in [-0.15, -0.1) is 0 Å². The molecule has 0 heterocycles. The summed E-state index contributed by atoms with van der Waals surface area (Å²) in [6.07, 6.45) is -4.11. The van der Waals surface area contributed by atoms with Crippen molar-refractivity contribution in [2.45, 2.75) is 39.0 Å². The average molecular weight is 226 g/mol. The molecule has 0 fully saturated rings. The minimum Gasteiger partial charge on any atom is -0.302 e. The molecule has 92 valence electrons. The Morgan fingerprint density at radius 3 is 1.80 bits per heavy atom. The van der Waals surface area contributed by atoms with E-state index in [1.54, 1.807) is 0 Å². The summed E-state index contributed by atoms with van der Waals surface area (Å²) in [5.74, 6) is 0. The molecule has 0 aliphatic carbocycles. The molecule has 0 amide bonds. The van der Waals surface area contributed by atoms with Gasteiger partial charge in [0.2, 0.25) is 0 Å². The highest BCUT2D eigenvalue weighted by Gasteiger charge is 2.31. The fourth-order valence-corrected chi connectivity index (χ4v) is 1.21. The second-order valence-electron chi connectivity index (χ2n) is 4.41. The van der Waals surface area contributed by atoms with E-state index in [0.717, 1.165) is 0 Å². The van der Waals surface area contributed by atoms with E-state index < -0.39 is 12.7 Å². The molecule has 0 bridgehead atoms. The van der Waals surface area contributed by atoms with Crippen molar-refractivity contribution in [1.82, 2.24) is 9.80 Å². The Kier molecular flexibility index (Phi) is 5.59. The van der Waals surface area contributed by atoms with Crippen molar-refractivity contribution in [2.75, 3.05) is 27.2 Å². The summed E-state index contributed by atoms with van der Waals surface area (Å²) in [6, 6.07) is 0.255. The van der Waals surface area contributed by atoms with Crippen LogP contribution in [-0.2, 0) is 0 Å². The molecule has 0 aromatic carbocycles. The maximum Gasteiger partial charge on any atom is 0.401 e. The first kappa shape index (κ1) is 14.7. The Balaban J connectivity index is 4.04. The van der Waals surface area contributed by atoms with Gasteiger partial charge in [-0.1, -0.05) is 0 Å². The number of hydrogen-bond donors (Lipinski definition) is 0. The number of alkyl halides is 3. The van der Waals surface area contributed by atoms with E-state index in [4.69, 9.17) is 0 Å². The molecule has 0 N–H and O–H groups in total. The summed E-state index contributed by atoms with van der Waals surface area (Å²) >= 11 is 0. The first-order valence-electron chi connectivity index (χ1n) is 5.10. The first-order chi connectivity index (χ1) is 6.63. The summed E-state index contributed by atoms with van der Waals surface area (Å²) < 4.78 is 36.3. The van der Waals surface area contributed by atoms with Crippen LogP contribution in [0.3, 0.4) is 0 Å². The van der Waals surface area contributed by atoms with Gasteiger partial charge < -0.3 is 4.90 Å². The molecule has 1 atom stereocenters. The first-order valence-corrected chi connectivity index (χ1v) is 5.10. The van der Waals surface area contributed by atoms with E-state index in [-0.39, 0.29) is 6.04 Å². The van der Waals surface area contributed by atoms with Crippen LogP contribution in [0.5, 0.6) is 0 Å². The molecule has 2 nitrogen and oxygen atoms in total. The van der Waals surface area contributed by atoms with Gasteiger partial charge in [0.15, 0.2) is 0 Å². The Morgan fingerprint density at radius 1 is 1.00 bits per heavy atom. The lowest BCUT2D eigenvalue weighted by Gasteiger charge is -2.31. The topological polar surface area (TPSA) is 6.48 Å². The Hall–Kier alpha value is -0.290. The van der Waals surface area contributed by atoms with Gasteiger partial charge in [0.05, 0.1) is 6.54 Å². The highest BCUT2D eigenvalue weighted by molar-refractivity contribution is 4.71. The molecular weight excluding hydrogens is 205 g/mol. The van der Waals surface area contributed by atoms with Crippen molar-refractivity contribution in [3.05, 3.63) is 0 Å². The molecule has 0 saturated heterocycles. The van der Waals surface area contributed by atoms with Crippen molar-refractivity contribution >= 4 is 0 Å². The van der Waals surface area contributed by atoms with Crippen molar-refractivity contribution in [2.24, 2.45) is 0 Å². The molecule has 0 aliphatic heterocycles. The van der Waals surface area contributed by atoms with Gasteiger partial charge in [-0.3, -0.25) is 4.90 Å². The number of nitrogens with zero attached hydrogens (tertiary/aromatic N) is 2. The molecule has 1 unspecified atom stereocenters. The van der Waals surface area contributed by atoms with Crippen LogP contribution in [-0.4, -0.2) is 55.2 Å². The summed E-state index contributed by atoms with van der Waals surface area (Å²) in [5, 5.41) is 0. The normalized spacial score (nSPS) is 15.4. The second kappa shape index (κ2) is 5.70. The lowest BCUT2D eigenvalue weighted by atomic mass is 10.2. The van der Waals surface area contributed by atoms with E-state index >= 15 is 0 Å². The maximum absolute atomic E-state index is 12.1. The maximum atomic E-state index is 12.1. The van der Waals surface area contributed by atoms with Crippen molar-refractivity contribution in [1.29, 1.82) is 0 Å². The van der Waals surface area contributed by atoms with Gasteiger partial charge in [-0.05, 0) is 34.9 Å². The van der Waals surface area contributed by atoms with Crippen LogP contribution in [0, 0.1) is 0 Å². The number of likely N-dealkylation sites (N-methyl/N-ethyl adjacent to an activating group) is 2. The lowest BCUT2D eigenvalue weighted by molar-refractivity contribution is -0.147. The molecular formula is C10H21F3N2. The highest BCUT2D eigenvalue weighted by atomic mass is 19.4. The minimum absolute atomic E-state index is 0.0981. The van der Waals surface area contributed by atoms with Gasteiger partial charge in [0, 0.05) is 18.6 Å². The van der Waals surface area contributed by atoms with Gasteiger partial charge in [0.1, 0.15) is 0 Å². The quantitative estimate of drug-likeness (QED) is 0.709. The fourth-order valence-electron chi connectivity index (χ4n) is 1.21. The van der Waals surface area contributed by atoms with Gasteiger partial charge in [0.25, 0.3) is 0 Å². The van der Waals surface area contributed by atoms with Gasteiger partial charge in [-0.2, -0.15) is 13.2 Å². The van der Waals surface area contributed by atoms with Crippen molar-refractivity contribution in [3.63, 3.8) is 0 Å². The van der Waals surface area contributed by atoms with Crippen LogP contribution in [0.1, 0.15) is 20.8 Å². The predicted molar refractivity (Wildman–Crippen MR) is 55.9 cm³/mol. The predicted octanol–water partition coefficient (Wildman–Crippen LogP) is 2.21. The molecule has 0 spiro atoms. The summed E-state index contributed by atoms with van der Waals surface area (Å²) in [7, 11) is 3.43. The molecule has 0 aromatic heterocycles. The molecule has 0 aromatic rings. The van der Waals surface area contributed by atoms with Crippen molar-refractivity contribution in [3.8, 4) is 0 Å². The third-order valence-electron chi connectivity index (χ3n) is 2.61. The molecule has 0 aliphatic rings. The largest absolute Gasteiger partial charge is 0.401 e. The van der Waals surface area contributed by atoms with Crippen LogP contribution in [0.2, 0.25) is 0 Å². The van der Waals surface area contributed by atoms with E-state index in [9.17, 15) is 13.2 Å². The second-order valence-corrected chi connectivity index (χ2v) is 4.41. The Labute approximate surface area is 90.0 Å².